The molecule has 1 atom stereocenters. The number of ether oxygens (including phenoxy) is 1. The molecule has 3 rings (SSSR count). The van der Waals surface area contributed by atoms with Crippen molar-refractivity contribution in [2.24, 2.45) is 0 Å². The van der Waals surface area contributed by atoms with Crippen molar-refractivity contribution in [3.63, 3.8) is 0 Å². The zero-order valence-corrected chi connectivity index (χ0v) is 17.5. The molecule has 8 heteroatoms. The van der Waals surface area contributed by atoms with Gasteiger partial charge >= 0.3 is 0 Å². The van der Waals surface area contributed by atoms with Gasteiger partial charge in [-0.2, -0.15) is 0 Å². The summed E-state index contributed by atoms with van der Waals surface area (Å²) in [4.78, 5) is 0. The first kappa shape index (κ1) is 20.5. The number of hydrogen-bond acceptors (Lipinski definition) is 4. The van der Waals surface area contributed by atoms with Crippen LogP contribution in [-0.4, -0.2) is 14.8 Å². The number of allylic oxidation sites excluding steroid dienone is 1. The molecule has 1 aromatic heterocycles. The van der Waals surface area contributed by atoms with Crippen LogP contribution >= 0.6 is 27.7 Å². The van der Waals surface area contributed by atoms with E-state index >= 15 is 0 Å². The fraction of sp³-hybridized carbons (Fsp3) is 0.200. The Morgan fingerprint density at radius 2 is 1.96 bits per heavy atom. The maximum atomic E-state index is 13.9. The molecule has 2 aromatic carbocycles. The minimum absolute atomic E-state index is 0.0360. The summed E-state index contributed by atoms with van der Waals surface area (Å²) in [7, 11) is 0. The fourth-order valence-electron chi connectivity index (χ4n) is 2.55. The number of thioether (sulfide) groups is 1. The molecule has 0 saturated heterocycles. The lowest BCUT2D eigenvalue weighted by Crippen LogP contribution is -2.13. The summed E-state index contributed by atoms with van der Waals surface area (Å²) < 4.78 is 35.5. The molecule has 0 aliphatic rings. The SMILES string of the molecule is C=CCn1c(SCc2ccc(Br)cc2)nnc1C(C)Oc1ccc(F)cc1F. The van der Waals surface area contributed by atoms with Crippen molar-refractivity contribution in [2.45, 2.75) is 30.5 Å². The zero-order valence-electron chi connectivity index (χ0n) is 15.1. The summed E-state index contributed by atoms with van der Waals surface area (Å²) in [6.45, 7) is 6.02. The average molecular weight is 466 g/mol. The fourth-order valence-corrected chi connectivity index (χ4v) is 3.73. The van der Waals surface area contributed by atoms with Crippen LogP contribution in [0.25, 0.3) is 0 Å². The van der Waals surface area contributed by atoms with Crippen LogP contribution < -0.4 is 4.74 Å². The van der Waals surface area contributed by atoms with Crippen molar-refractivity contribution >= 4 is 27.7 Å². The van der Waals surface area contributed by atoms with Crippen molar-refractivity contribution in [2.75, 3.05) is 0 Å². The van der Waals surface area contributed by atoms with Crippen molar-refractivity contribution in [1.29, 1.82) is 0 Å². The van der Waals surface area contributed by atoms with E-state index < -0.39 is 17.7 Å². The molecule has 0 N–H and O–H groups in total. The smallest absolute Gasteiger partial charge is 0.191 e. The van der Waals surface area contributed by atoms with E-state index in [1.807, 2.05) is 28.8 Å². The standard InChI is InChI=1S/C20H18BrF2N3OS/c1-3-10-26-19(13(2)27-18-9-8-16(22)11-17(18)23)24-25-20(26)28-12-14-4-6-15(21)7-5-14/h3-9,11,13H,1,10,12H2,2H3. The van der Waals surface area contributed by atoms with Gasteiger partial charge in [0.15, 0.2) is 28.7 Å². The molecule has 28 heavy (non-hydrogen) atoms. The highest BCUT2D eigenvalue weighted by atomic mass is 79.9. The monoisotopic (exact) mass is 465 g/mol. The number of benzene rings is 2. The van der Waals surface area contributed by atoms with Crippen LogP contribution in [0.3, 0.4) is 0 Å². The Morgan fingerprint density at radius 1 is 1.21 bits per heavy atom. The second kappa shape index (κ2) is 9.34. The summed E-state index contributed by atoms with van der Waals surface area (Å²) in [5, 5.41) is 9.19. The van der Waals surface area contributed by atoms with Gasteiger partial charge in [-0.25, -0.2) is 8.78 Å². The van der Waals surface area contributed by atoms with E-state index in [1.54, 1.807) is 24.8 Å². The quantitative estimate of drug-likeness (QED) is 0.305. The van der Waals surface area contributed by atoms with Crippen LogP contribution in [0.5, 0.6) is 5.75 Å². The molecule has 146 valence electrons. The highest BCUT2D eigenvalue weighted by molar-refractivity contribution is 9.10. The van der Waals surface area contributed by atoms with Gasteiger partial charge < -0.3 is 4.74 Å². The first-order valence-electron chi connectivity index (χ1n) is 8.51. The number of halogens is 3. The lowest BCUT2D eigenvalue weighted by atomic mass is 10.2. The van der Waals surface area contributed by atoms with Crippen LogP contribution in [0.4, 0.5) is 8.78 Å². The number of hydrogen-bond donors (Lipinski definition) is 0. The van der Waals surface area contributed by atoms with Crippen molar-refractivity contribution < 1.29 is 13.5 Å². The number of rotatable bonds is 8. The van der Waals surface area contributed by atoms with Gasteiger partial charge in [0, 0.05) is 22.8 Å². The molecule has 0 amide bonds. The van der Waals surface area contributed by atoms with Crippen LogP contribution in [0.1, 0.15) is 24.4 Å². The Balaban J connectivity index is 1.77. The molecule has 3 aromatic rings. The third-order valence-electron chi connectivity index (χ3n) is 3.90. The topological polar surface area (TPSA) is 39.9 Å². The molecule has 4 nitrogen and oxygen atoms in total. The van der Waals surface area contributed by atoms with Crippen molar-refractivity contribution in [1.82, 2.24) is 14.8 Å². The van der Waals surface area contributed by atoms with E-state index in [1.165, 1.54) is 6.07 Å². The van der Waals surface area contributed by atoms with E-state index in [2.05, 4.69) is 32.7 Å². The van der Waals surface area contributed by atoms with Crippen LogP contribution in [0.2, 0.25) is 0 Å². The molecule has 0 aliphatic carbocycles. The number of aromatic nitrogens is 3. The molecule has 1 unspecified atom stereocenters. The molecule has 0 bridgehead atoms. The maximum absolute atomic E-state index is 13.9. The summed E-state index contributed by atoms with van der Waals surface area (Å²) in [5.41, 5.74) is 1.15. The predicted molar refractivity (Wildman–Crippen MR) is 109 cm³/mol. The first-order chi connectivity index (χ1) is 13.5. The summed E-state index contributed by atoms with van der Waals surface area (Å²) in [5.74, 6) is -0.178. The molecular weight excluding hydrogens is 448 g/mol. The second-order valence-corrected chi connectivity index (χ2v) is 7.85. The normalized spacial score (nSPS) is 12.0. The minimum atomic E-state index is -0.758. The molecule has 0 fully saturated rings. The summed E-state index contributed by atoms with van der Waals surface area (Å²) in [6, 6.07) is 11.3. The molecule has 0 aliphatic heterocycles. The van der Waals surface area contributed by atoms with Gasteiger partial charge in [0.1, 0.15) is 5.82 Å². The van der Waals surface area contributed by atoms with Gasteiger partial charge in [0.05, 0.1) is 0 Å². The predicted octanol–water partition coefficient (Wildman–Crippen LogP) is 5.94. The highest BCUT2D eigenvalue weighted by Crippen LogP contribution is 2.28. The average Bonchev–Trinajstić information content (AvgIpc) is 3.07. The van der Waals surface area contributed by atoms with E-state index in [4.69, 9.17) is 4.74 Å². The van der Waals surface area contributed by atoms with Gasteiger partial charge in [0.25, 0.3) is 0 Å². The lowest BCUT2D eigenvalue weighted by molar-refractivity contribution is 0.200. The van der Waals surface area contributed by atoms with E-state index in [9.17, 15) is 8.78 Å². The second-order valence-electron chi connectivity index (χ2n) is 5.99. The Hall–Kier alpha value is -2.19. The molecule has 0 spiro atoms. The van der Waals surface area contributed by atoms with Gasteiger partial charge in [-0.15, -0.1) is 16.8 Å². The van der Waals surface area contributed by atoms with Crippen molar-refractivity contribution in [3.05, 3.63) is 82.6 Å². The number of nitrogens with zero attached hydrogens (tertiary/aromatic N) is 3. The summed E-state index contributed by atoms with van der Waals surface area (Å²) >= 11 is 4.97. The third-order valence-corrected chi connectivity index (χ3v) is 5.47. The Bertz CT molecular complexity index is 963. The van der Waals surface area contributed by atoms with Gasteiger partial charge in [-0.1, -0.05) is 45.9 Å². The van der Waals surface area contributed by atoms with Crippen molar-refractivity contribution in [3.8, 4) is 5.75 Å². The Kier molecular flexibility index (Phi) is 6.85. The van der Waals surface area contributed by atoms with Crippen LogP contribution in [0, 0.1) is 11.6 Å². The highest BCUT2D eigenvalue weighted by Gasteiger charge is 2.20. The lowest BCUT2D eigenvalue weighted by Gasteiger charge is -2.16. The zero-order chi connectivity index (χ0) is 20.1. The van der Waals surface area contributed by atoms with E-state index in [0.29, 0.717) is 17.5 Å². The molecule has 1 heterocycles. The van der Waals surface area contributed by atoms with Gasteiger partial charge in [-0.3, -0.25) is 4.57 Å². The van der Waals surface area contributed by atoms with Gasteiger partial charge in [-0.05, 0) is 36.8 Å². The van der Waals surface area contributed by atoms with Crippen LogP contribution in [-0.2, 0) is 12.3 Å². The van der Waals surface area contributed by atoms with Gasteiger partial charge in [0.2, 0.25) is 0 Å². The van der Waals surface area contributed by atoms with E-state index in [0.717, 1.165) is 27.9 Å². The molecule has 0 radical (unpaired) electrons. The molecule has 0 saturated carbocycles. The third kappa shape index (κ3) is 4.99. The van der Waals surface area contributed by atoms with E-state index in [-0.39, 0.29) is 5.75 Å². The molecular formula is C20H18BrF2N3OS. The van der Waals surface area contributed by atoms with Crippen LogP contribution in [0.15, 0.2) is 64.7 Å². The Morgan fingerprint density at radius 3 is 2.64 bits per heavy atom. The largest absolute Gasteiger partial charge is 0.480 e. The summed E-state index contributed by atoms with van der Waals surface area (Å²) in [6.07, 6.45) is 1.16. The maximum Gasteiger partial charge on any atom is 0.191 e. The minimum Gasteiger partial charge on any atom is -0.480 e. The Labute approximate surface area is 174 Å². The first-order valence-corrected chi connectivity index (χ1v) is 10.3.